The molecule has 22 heavy (non-hydrogen) atoms. The second-order valence-corrected chi connectivity index (χ2v) is 5.82. The van der Waals surface area contributed by atoms with Crippen LogP contribution < -0.4 is 14.8 Å². The maximum absolute atomic E-state index is 6.30. The molecule has 116 valence electrons. The summed E-state index contributed by atoms with van der Waals surface area (Å²) in [6, 6.07) is 9.62. The van der Waals surface area contributed by atoms with Gasteiger partial charge in [-0.2, -0.15) is 0 Å². The Morgan fingerprint density at radius 2 is 2.09 bits per heavy atom. The third-order valence-corrected chi connectivity index (χ3v) is 4.11. The number of rotatable bonds is 5. The molecule has 1 aliphatic heterocycles. The van der Waals surface area contributed by atoms with Crippen LogP contribution in [0, 0.1) is 5.92 Å². The second-order valence-electron chi connectivity index (χ2n) is 5.38. The van der Waals surface area contributed by atoms with Crippen molar-refractivity contribution in [3.8, 4) is 11.5 Å². The Morgan fingerprint density at radius 3 is 2.77 bits per heavy atom. The average Bonchev–Trinajstić information content (AvgIpc) is 3.07. The minimum Gasteiger partial charge on any atom is -0.493 e. The lowest BCUT2D eigenvalue weighted by Crippen LogP contribution is -2.21. The Kier molecular flexibility index (Phi) is 4.80. The van der Waals surface area contributed by atoms with E-state index in [4.69, 9.17) is 21.1 Å². The van der Waals surface area contributed by atoms with Crippen LogP contribution in [0.15, 0.2) is 42.7 Å². The maximum Gasteiger partial charge on any atom is 0.162 e. The van der Waals surface area contributed by atoms with Crippen molar-refractivity contribution in [2.45, 2.75) is 12.5 Å². The van der Waals surface area contributed by atoms with Crippen LogP contribution in [0.3, 0.4) is 0 Å². The van der Waals surface area contributed by atoms with Gasteiger partial charge in [-0.3, -0.25) is 4.98 Å². The Balaban J connectivity index is 1.91. The Bertz CT molecular complexity index is 630. The first kappa shape index (κ1) is 15.1. The summed E-state index contributed by atoms with van der Waals surface area (Å²) in [5, 5.41) is 4.01. The third-order valence-electron chi connectivity index (χ3n) is 3.90. The molecular weight excluding hydrogens is 300 g/mol. The number of ether oxygens (including phenoxy) is 2. The van der Waals surface area contributed by atoms with Gasteiger partial charge in [0, 0.05) is 30.4 Å². The lowest BCUT2D eigenvalue weighted by atomic mass is 9.96. The monoisotopic (exact) mass is 318 g/mol. The zero-order chi connectivity index (χ0) is 15.4. The molecule has 0 spiro atoms. The van der Waals surface area contributed by atoms with E-state index in [0.29, 0.717) is 10.9 Å². The first-order valence-electron chi connectivity index (χ1n) is 7.39. The minimum atomic E-state index is -0.0995. The highest BCUT2D eigenvalue weighted by molar-refractivity contribution is 6.30. The van der Waals surface area contributed by atoms with Crippen molar-refractivity contribution >= 4 is 11.6 Å². The number of nitrogens with zero attached hydrogens (tertiary/aromatic N) is 1. The Hall–Kier alpha value is -1.78. The lowest BCUT2D eigenvalue weighted by molar-refractivity contribution is 0.139. The molecule has 4 nitrogen and oxygen atoms in total. The van der Waals surface area contributed by atoms with Gasteiger partial charge in [-0.05, 0) is 31.2 Å². The molecule has 0 amide bonds. The maximum atomic E-state index is 6.30. The molecule has 1 fully saturated rings. The predicted molar refractivity (Wildman–Crippen MR) is 86.6 cm³/mol. The molecule has 1 unspecified atom stereocenters. The molecule has 2 atom stereocenters. The number of hydrogen-bond donors (Lipinski definition) is 1. The molecule has 2 heterocycles. The topological polar surface area (TPSA) is 43.4 Å². The summed E-state index contributed by atoms with van der Waals surface area (Å²) >= 11 is 6.10. The fourth-order valence-corrected chi connectivity index (χ4v) is 2.99. The number of para-hydroxylation sites is 2. The summed E-state index contributed by atoms with van der Waals surface area (Å²) in [5.74, 6) is 1.85. The Labute approximate surface area is 135 Å². The fourth-order valence-electron chi connectivity index (χ4n) is 2.81. The van der Waals surface area contributed by atoms with E-state index in [0.717, 1.165) is 36.6 Å². The number of nitrogens with one attached hydrogen (secondary N) is 1. The highest BCUT2D eigenvalue weighted by Crippen LogP contribution is 2.36. The quantitative estimate of drug-likeness (QED) is 0.916. The number of halogens is 1. The molecule has 1 saturated heterocycles. The number of benzene rings is 1. The van der Waals surface area contributed by atoms with E-state index < -0.39 is 0 Å². The van der Waals surface area contributed by atoms with Crippen LogP contribution in [0.2, 0.25) is 5.02 Å². The van der Waals surface area contributed by atoms with Gasteiger partial charge in [-0.25, -0.2) is 0 Å². The number of aromatic nitrogens is 1. The summed E-state index contributed by atoms with van der Waals surface area (Å²) in [6.45, 7) is 1.93. The van der Waals surface area contributed by atoms with Gasteiger partial charge >= 0.3 is 0 Å². The summed E-state index contributed by atoms with van der Waals surface area (Å²) < 4.78 is 11.7. The standard InChI is InChI=1S/C17H19ClN2O2/c1-21-15-4-2-3-5-16(15)22-17(12-6-7-19-9-12)13-8-14(18)11-20-10-13/h2-5,8,10-12,17,19H,6-7,9H2,1H3/t12-,17?/m0/s1. The van der Waals surface area contributed by atoms with Crippen LogP contribution in [-0.2, 0) is 0 Å². The van der Waals surface area contributed by atoms with Crippen LogP contribution in [-0.4, -0.2) is 25.2 Å². The molecule has 0 aliphatic carbocycles. The molecule has 0 saturated carbocycles. The average molecular weight is 319 g/mol. The van der Waals surface area contributed by atoms with E-state index >= 15 is 0 Å². The molecule has 1 aromatic heterocycles. The summed E-state index contributed by atoms with van der Waals surface area (Å²) in [6.07, 6.45) is 4.42. The van der Waals surface area contributed by atoms with Gasteiger partial charge in [0.1, 0.15) is 6.10 Å². The van der Waals surface area contributed by atoms with Crippen LogP contribution in [0.1, 0.15) is 18.1 Å². The number of methoxy groups -OCH3 is 1. The first-order valence-corrected chi connectivity index (χ1v) is 7.76. The smallest absolute Gasteiger partial charge is 0.162 e. The van der Waals surface area contributed by atoms with Crippen molar-refractivity contribution in [3.05, 3.63) is 53.3 Å². The molecule has 3 rings (SSSR count). The molecule has 1 aliphatic rings. The van der Waals surface area contributed by atoms with Crippen molar-refractivity contribution in [1.82, 2.24) is 10.3 Å². The van der Waals surface area contributed by atoms with Gasteiger partial charge in [0.2, 0.25) is 0 Å². The highest BCUT2D eigenvalue weighted by Gasteiger charge is 2.29. The van der Waals surface area contributed by atoms with Crippen LogP contribution >= 0.6 is 11.6 Å². The van der Waals surface area contributed by atoms with Crippen molar-refractivity contribution in [1.29, 1.82) is 0 Å². The molecule has 0 bridgehead atoms. The van der Waals surface area contributed by atoms with Crippen molar-refractivity contribution in [3.63, 3.8) is 0 Å². The zero-order valence-corrected chi connectivity index (χ0v) is 13.2. The first-order chi connectivity index (χ1) is 10.8. The van der Waals surface area contributed by atoms with Gasteiger partial charge in [0.05, 0.1) is 12.1 Å². The van der Waals surface area contributed by atoms with E-state index in [2.05, 4.69) is 10.3 Å². The van der Waals surface area contributed by atoms with E-state index in [1.807, 2.05) is 36.5 Å². The van der Waals surface area contributed by atoms with Crippen molar-refractivity contribution in [2.24, 2.45) is 5.92 Å². The van der Waals surface area contributed by atoms with E-state index in [1.54, 1.807) is 13.3 Å². The largest absolute Gasteiger partial charge is 0.493 e. The number of pyridine rings is 1. The summed E-state index contributed by atoms with van der Waals surface area (Å²) in [5.41, 5.74) is 0.993. The predicted octanol–water partition coefficient (Wildman–Crippen LogP) is 3.47. The minimum absolute atomic E-state index is 0.0995. The normalized spacial score (nSPS) is 18.9. The van der Waals surface area contributed by atoms with Crippen molar-refractivity contribution < 1.29 is 9.47 Å². The Morgan fingerprint density at radius 1 is 1.27 bits per heavy atom. The van der Waals surface area contributed by atoms with Gasteiger partial charge in [-0.1, -0.05) is 23.7 Å². The summed E-state index contributed by atoms with van der Waals surface area (Å²) in [7, 11) is 1.65. The molecule has 2 aromatic rings. The third kappa shape index (κ3) is 3.34. The van der Waals surface area contributed by atoms with Crippen molar-refractivity contribution in [2.75, 3.05) is 20.2 Å². The van der Waals surface area contributed by atoms with Crippen LogP contribution in [0.4, 0.5) is 0 Å². The van der Waals surface area contributed by atoms with Gasteiger partial charge < -0.3 is 14.8 Å². The van der Waals surface area contributed by atoms with Gasteiger partial charge in [-0.15, -0.1) is 0 Å². The van der Waals surface area contributed by atoms with E-state index in [1.165, 1.54) is 0 Å². The zero-order valence-electron chi connectivity index (χ0n) is 12.5. The van der Waals surface area contributed by atoms with E-state index in [-0.39, 0.29) is 6.10 Å². The van der Waals surface area contributed by atoms with Crippen LogP contribution in [0.5, 0.6) is 11.5 Å². The highest BCUT2D eigenvalue weighted by atomic mass is 35.5. The molecule has 1 aromatic carbocycles. The SMILES string of the molecule is COc1ccccc1OC(c1cncc(Cl)c1)[C@H]1CCNC1. The second kappa shape index (κ2) is 6.99. The van der Waals surface area contributed by atoms with E-state index in [9.17, 15) is 0 Å². The fraction of sp³-hybridized carbons (Fsp3) is 0.353. The molecule has 5 heteroatoms. The summed E-state index contributed by atoms with van der Waals surface area (Å²) in [4.78, 5) is 4.20. The van der Waals surface area contributed by atoms with Gasteiger partial charge in [0.15, 0.2) is 11.5 Å². The molecular formula is C17H19ClN2O2. The van der Waals surface area contributed by atoms with Crippen LogP contribution in [0.25, 0.3) is 0 Å². The number of hydrogen-bond acceptors (Lipinski definition) is 4. The molecule has 0 radical (unpaired) electrons. The lowest BCUT2D eigenvalue weighted by Gasteiger charge is -2.25. The molecule has 1 N–H and O–H groups in total. The van der Waals surface area contributed by atoms with Gasteiger partial charge in [0.25, 0.3) is 0 Å².